The van der Waals surface area contributed by atoms with E-state index in [1.807, 2.05) is 19.9 Å². The zero-order valence-electron chi connectivity index (χ0n) is 15.3. The van der Waals surface area contributed by atoms with Gasteiger partial charge in [0.05, 0.1) is 11.9 Å². The Balaban J connectivity index is 1.82. The quantitative estimate of drug-likeness (QED) is 0.738. The lowest BCUT2D eigenvalue weighted by Crippen LogP contribution is -2.48. The van der Waals surface area contributed by atoms with Gasteiger partial charge in [0.1, 0.15) is 11.9 Å². The molecule has 0 saturated carbocycles. The maximum Gasteiger partial charge on any atom is 0.321 e. The van der Waals surface area contributed by atoms with Crippen LogP contribution >= 0.6 is 0 Å². The van der Waals surface area contributed by atoms with Crippen molar-refractivity contribution in [2.75, 3.05) is 23.3 Å². The van der Waals surface area contributed by atoms with Crippen molar-refractivity contribution < 1.29 is 9.59 Å². The first-order chi connectivity index (χ1) is 12.0. The van der Waals surface area contributed by atoms with Gasteiger partial charge in [-0.05, 0) is 51.7 Å². The molecule has 2 rings (SSSR count). The normalized spacial score (nSPS) is 16.7. The number of amides is 3. The van der Waals surface area contributed by atoms with Crippen LogP contribution in [-0.2, 0) is 4.79 Å². The molecule has 7 heteroatoms. The van der Waals surface area contributed by atoms with Crippen LogP contribution in [0.25, 0.3) is 0 Å². The van der Waals surface area contributed by atoms with Crippen LogP contribution in [0.2, 0.25) is 0 Å². The lowest BCUT2D eigenvalue weighted by molar-refractivity contribution is -0.123. The van der Waals surface area contributed by atoms with Crippen molar-refractivity contribution in [2.45, 2.75) is 58.5 Å². The predicted octanol–water partition coefficient (Wildman–Crippen LogP) is 2.50. The number of anilines is 2. The average molecular weight is 347 g/mol. The minimum atomic E-state index is -0.610. The fourth-order valence-corrected chi connectivity index (χ4v) is 2.68. The van der Waals surface area contributed by atoms with E-state index < -0.39 is 12.1 Å². The van der Waals surface area contributed by atoms with Crippen LogP contribution in [-0.4, -0.2) is 42.1 Å². The maximum atomic E-state index is 12.0. The number of carbonyl (C=O) groups is 2. The summed E-state index contributed by atoms with van der Waals surface area (Å²) in [5.41, 5.74) is 1.08. The van der Waals surface area contributed by atoms with E-state index in [9.17, 15) is 9.59 Å². The van der Waals surface area contributed by atoms with E-state index in [0.717, 1.165) is 25.2 Å². The third-order valence-corrected chi connectivity index (χ3v) is 4.45. The van der Waals surface area contributed by atoms with Gasteiger partial charge >= 0.3 is 6.03 Å². The van der Waals surface area contributed by atoms with Crippen molar-refractivity contribution in [3.05, 3.63) is 18.3 Å². The van der Waals surface area contributed by atoms with Crippen LogP contribution in [0.4, 0.5) is 16.3 Å². The summed E-state index contributed by atoms with van der Waals surface area (Å²) in [5, 5.41) is 8.13. The topological polar surface area (TPSA) is 86.4 Å². The molecule has 0 unspecified atom stereocenters. The molecule has 1 aromatic rings. The van der Waals surface area contributed by atoms with Crippen LogP contribution in [0.15, 0.2) is 18.3 Å². The zero-order valence-corrected chi connectivity index (χ0v) is 15.3. The number of rotatable bonds is 6. The molecule has 2 atom stereocenters. The third-order valence-electron chi connectivity index (χ3n) is 4.45. The van der Waals surface area contributed by atoms with E-state index in [0.29, 0.717) is 5.82 Å². The van der Waals surface area contributed by atoms with Crippen LogP contribution in [0.5, 0.6) is 0 Å². The van der Waals surface area contributed by atoms with Gasteiger partial charge in [0.25, 0.3) is 0 Å². The minimum Gasteiger partial charge on any atom is -0.370 e. The Labute approximate surface area is 149 Å². The van der Waals surface area contributed by atoms with Gasteiger partial charge in [-0.25, -0.2) is 9.78 Å². The highest BCUT2D eigenvalue weighted by molar-refractivity contribution is 5.93. The molecule has 1 aliphatic rings. The number of pyridine rings is 1. The number of hydrogen-bond acceptors (Lipinski definition) is 4. The molecule has 7 nitrogen and oxygen atoms in total. The van der Waals surface area contributed by atoms with Crippen molar-refractivity contribution in [1.82, 2.24) is 15.6 Å². The predicted molar refractivity (Wildman–Crippen MR) is 99.8 cm³/mol. The highest BCUT2D eigenvalue weighted by Gasteiger charge is 2.17. The van der Waals surface area contributed by atoms with Gasteiger partial charge in [-0.15, -0.1) is 0 Å². The number of piperidine rings is 1. The molecule has 138 valence electrons. The first kappa shape index (κ1) is 19.0. The molecule has 1 fully saturated rings. The van der Waals surface area contributed by atoms with Gasteiger partial charge in [0.2, 0.25) is 5.91 Å². The highest BCUT2D eigenvalue weighted by Crippen LogP contribution is 2.19. The van der Waals surface area contributed by atoms with Crippen LogP contribution in [0.1, 0.15) is 46.5 Å². The Morgan fingerprint density at radius 3 is 2.48 bits per heavy atom. The summed E-state index contributed by atoms with van der Waals surface area (Å²) in [4.78, 5) is 30.6. The van der Waals surface area contributed by atoms with Crippen molar-refractivity contribution in [2.24, 2.45) is 0 Å². The Morgan fingerprint density at radius 1 is 1.16 bits per heavy atom. The zero-order chi connectivity index (χ0) is 18.2. The van der Waals surface area contributed by atoms with E-state index in [1.165, 1.54) is 19.3 Å². The number of urea groups is 1. The largest absolute Gasteiger partial charge is 0.370 e. The second-order valence-corrected chi connectivity index (χ2v) is 6.59. The molecule has 1 aromatic heterocycles. The van der Waals surface area contributed by atoms with E-state index in [4.69, 9.17) is 0 Å². The molecule has 1 saturated heterocycles. The van der Waals surface area contributed by atoms with Crippen LogP contribution in [0.3, 0.4) is 0 Å². The molecule has 25 heavy (non-hydrogen) atoms. The number of hydrogen-bond donors (Lipinski definition) is 3. The fourth-order valence-electron chi connectivity index (χ4n) is 2.68. The van der Waals surface area contributed by atoms with E-state index >= 15 is 0 Å². The fraction of sp³-hybridized carbons (Fsp3) is 0.611. The average Bonchev–Trinajstić information content (AvgIpc) is 2.62. The molecule has 1 aliphatic heterocycles. The summed E-state index contributed by atoms with van der Waals surface area (Å²) in [6.45, 7) is 7.69. The van der Waals surface area contributed by atoms with Gasteiger partial charge in [0.15, 0.2) is 0 Å². The Bertz CT molecular complexity index is 569. The van der Waals surface area contributed by atoms with E-state index in [-0.39, 0.29) is 11.9 Å². The van der Waals surface area contributed by atoms with Gasteiger partial charge in [0, 0.05) is 19.1 Å². The summed E-state index contributed by atoms with van der Waals surface area (Å²) < 4.78 is 0. The highest BCUT2D eigenvalue weighted by atomic mass is 16.2. The second kappa shape index (κ2) is 9.25. The summed E-state index contributed by atoms with van der Waals surface area (Å²) in [6.07, 6.45) is 6.32. The van der Waals surface area contributed by atoms with Crippen molar-refractivity contribution in [3.63, 3.8) is 0 Å². The van der Waals surface area contributed by atoms with Crippen molar-refractivity contribution in [1.29, 1.82) is 0 Å². The number of aromatic nitrogens is 1. The molecule has 2 heterocycles. The molecule has 0 spiro atoms. The van der Waals surface area contributed by atoms with Crippen LogP contribution < -0.4 is 20.9 Å². The summed E-state index contributed by atoms with van der Waals surface area (Å²) in [7, 11) is 0. The number of nitrogens with zero attached hydrogens (tertiary/aromatic N) is 2. The molecular formula is C18H29N5O2. The van der Waals surface area contributed by atoms with Gasteiger partial charge in [-0.2, -0.15) is 0 Å². The summed E-state index contributed by atoms with van der Waals surface area (Å²) in [6, 6.07) is 2.79. The third kappa shape index (κ3) is 5.92. The first-order valence-corrected chi connectivity index (χ1v) is 9.08. The SMILES string of the molecule is CC[C@@H](C)NC(=O)[C@H](C)NC(=O)Nc1ccc(N2CCCCC2)cn1. The van der Waals surface area contributed by atoms with Crippen molar-refractivity contribution in [3.8, 4) is 0 Å². The molecule has 0 aromatic carbocycles. The monoisotopic (exact) mass is 347 g/mol. The number of nitrogens with one attached hydrogen (secondary N) is 3. The molecule has 0 radical (unpaired) electrons. The summed E-state index contributed by atoms with van der Waals surface area (Å²) in [5.74, 6) is 0.269. The maximum absolute atomic E-state index is 12.0. The minimum absolute atomic E-state index is 0.0869. The Hall–Kier alpha value is -2.31. The Morgan fingerprint density at radius 2 is 1.88 bits per heavy atom. The molecule has 0 bridgehead atoms. The molecule has 3 N–H and O–H groups in total. The lowest BCUT2D eigenvalue weighted by atomic mass is 10.1. The number of carbonyl (C=O) groups excluding carboxylic acids is 2. The summed E-state index contributed by atoms with van der Waals surface area (Å²) >= 11 is 0. The van der Waals surface area contributed by atoms with Gasteiger partial charge in [-0.3, -0.25) is 10.1 Å². The lowest BCUT2D eigenvalue weighted by Gasteiger charge is -2.28. The second-order valence-electron chi connectivity index (χ2n) is 6.59. The van der Waals surface area contributed by atoms with Crippen molar-refractivity contribution >= 4 is 23.4 Å². The first-order valence-electron chi connectivity index (χ1n) is 9.08. The molecule has 0 aliphatic carbocycles. The standard InChI is InChI=1S/C18H29N5O2/c1-4-13(2)20-17(24)14(3)21-18(25)22-16-9-8-15(12-19-16)23-10-6-5-7-11-23/h8-9,12-14H,4-7,10-11H2,1-3H3,(H,20,24)(H2,19,21,22,25)/t13-,14+/m1/s1. The van der Waals surface area contributed by atoms with E-state index in [2.05, 4.69) is 25.8 Å². The molecule has 3 amide bonds. The van der Waals surface area contributed by atoms with E-state index in [1.54, 1.807) is 19.2 Å². The molecular weight excluding hydrogens is 318 g/mol. The van der Waals surface area contributed by atoms with Gasteiger partial charge in [-0.1, -0.05) is 6.92 Å². The Kier molecular flexibility index (Phi) is 7.03. The van der Waals surface area contributed by atoms with Crippen LogP contribution in [0, 0.1) is 0 Å². The van der Waals surface area contributed by atoms with Gasteiger partial charge < -0.3 is 15.5 Å². The smallest absolute Gasteiger partial charge is 0.321 e.